The fraction of sp³-hybridized carbons (Fsp3) is 0.125. The lowest BCUT2D eigenvalue weighted by Gasteiger charge is -2.19. The Morgan fingerprint density at radius 1 is 0.500 bits per heavy atom. The monoisotopic (exact) mass is 598 g/mol. The van der Waals surface area contributed by atoms with Gasteiger partial charge in [-0.2, -0.15) is 0 Å². The van der Waals surface area contributed by atoms with Crippen molar-refractivity contribution in [2.75, 3.05) is 11.9 Å². The van der Waals surface area contributed by atoms with Crippen LogP contribution in [-0.2, 0) is 6.42 Å². The second-order valence-electron chi connectivity index (χ2n) is 11.5. The van der Waals surface area contributed by atoms with Crippen molar-refractivity contribution in [3.8, 4) is 45.0 Å². The molecule has 0 unspecified atom stereocenters. The van der Waals surface area contributed by atoms with E-state index in [9.17, 15) is 0 Å². The normalized spacial score (nSPS) is 12.0. The summed E-state index contributed by atoms with van der Waals surface area (Å²) in [6.07, 6.45) is 3.85. The van der Waals surface area contributed by atoms with Gasteiger partial charge in [0.05, 0.1) is 28.5 Å². The van der Waals surface area contributed by atoms with Crippen LogP contribution in [0.3, 0.4) is 0 Å². The van der Waals surface area contributed by atoms with Gasteiger partial charge in [0.1, 0.15) is 11.3 Å². The molecule has 4 heterocycles. The van der Waals surface area contributed by atoms with Crippen molar-refractivity contribution in [2.45, 2.75) is 26.7 Å². The number of pyridine rings is 1. The number of rotatable bonds is 4. The molecule has 4 aromatic carbocycles. The molecule has 1 aliphatic rings. The van der Waals surface area contributed by atoms with E-state index < -0.39 is 0 Å². The van der Waals surface area contributed by atoms with E-state index >= 15 is 0 Å². The summed E-state index contributed by atoms with van der Waals surface area (Å²) in [6.45, 7) is 5.15. The van der Waals surface area contributed by atoms with E-state index in [1.165, 1.54) is 11.1 Å². The van der Waals surface area contributed by atoms with Crippen LogP contribution in [0.1, 0.15) is 23.2 Å². The first-order chi connectivity index (χ1) is 22.6. The number of fused-ring (bicyclic) bond motifs is 2. The molecule has 0 fully saturated rings. The van der Waals surface area contributed by atoms with E-state index in [1.807, 2.05) is 48.5 Å². The highest BCUT2D eigenvalue weighted by Gasteiger charge is 2.19. The number of hydrogen-bond donors (Lipinski definition) is 1. The molecule has 8 rings (SSSR count). The molecular formula is C40H34N6. The van der Waals surface area contributed by atoms with Gasteiger partial charge in [0, 0.05) is 35.0 Å². The Morgan fingerprint density at radius 2 is 1.02 bits per heavy atom. The van der Waals surface area contributed by atoms with Gasteiger partial charge in [0.15, 0.2) is 5.65 Å². The summed E-state index contributed by atoms with van der Waals surface area (Å²) < 4.78 is 0. The molecule has 6 nitrogen and oxygen atoms in total. The second-order valence-corrected chi connectivity index (χ2v) is 11.5. The average Bonchev–Trinajstić information content (AvgIpc) is 3.12. The van der Waals surface area contributed by atoms with Crippen LogP contribution < -0.4 is 5.32 Å². The molecule has 0 spiro atoms. The zero-order valence-corrected chi connectivity index (χ0v) is 26.0. The summed E-state index contributed by atoms with van der Waals surface area (Å²) in [7, 11) is 0. The van der Waals surface area contributed by atoms with E-state index in [4.69, 9.17) is 19.9 Å². The van der Waals surface area contributed by atoms with Crippen LogP contribution in [0.4, 0.5) is 5.82 Å². The maximum absolute atomic E-state index is 4.96. The van der Waals surface area contributed by atoms with Gasteiger partial charge >= 0.3 is 0 Å². The van der Waals surface area contributed by atoms with Crippen molar-refractivity contribution in [3.63, 3.8) is 0 Å². The molecule has 7 aromatic rings. The highest BCUT2D eigenvalue weighted by Crippen LogP contribution is 2.33. The largest absolute Gasteiger partial charge is 0.369 e. The van der Waals surface area contributed by atoms with Gasteiger partial charge in [0.2, 0.25) is 0 Å². The first kappa shape index (κ1) is 29.0. The zero-order valence-electron chi connectivity index (χ0n) is 26.0. The summed E-state index contributed by atoms with van der Waals surface area (Å²) in [5.41, 5.74) is 13.0. The predicted molar refractivity (Wildman–Crippen MR) is 187 cm³/mol. The van der Waals surface area contributed by atoms with Gasteiger partial charge in [-0.15, -0.1) is 0 Å². The summed E-state index contributed by atoms with van der Waals surface area (Å²) in [5.74, 6) is 0.937. The lowest BCUT2D eigenvalue weighted by Crippen LogP contribution is -2.16. The van der Waals surface area contributed by atoms with Gasteiger partial charge in [-0.3, -0.25) is 0 Å². The first-order valence-electron chi connectivity index (χ1n) is 15.6. The third kappa shape index (κ3) is 6.24. The van der Waals surface area contributed by atoms with Crippen LogP contribution >= 0.6 is 0 Å². The van der Waals surface area contributed by atoms with Gasteiger partial charge < -0.3 is 5.32 Å². The molecule has 3 aromatic heterocycles. The topological polar surface area (TPSA) is 76.5 Å². The molecule has 0 bridgehead atoms. The van der Waals surface area contributed by atoms with Crippen LogP contribution in [-0.4, -0.2) is 31.5 Å². The SMILES string of the molecule is Cc1ccc(-c2nc3c(nc2-c2ccccc2)CCCN3)cc1.Cc1ccc(-c2nc3ncccc3nc2-c2ccccc2)cc1. The molecule has 6 heteroatoms. The molecule has 0 amide bonds. The molecule has 0 aliphatic carbocycles. The van der Waals surface area contributed by atoms with E-state index in [2.05, 4.69) is 96.9 Å². The van der Waals surface area contributed by atoms with Gasteiger partial charge in [-0.1, -0.05) is 120 Å². The zero-order chi connectivity index (χ0) is 31.3. The summed E-state index contributed by atoms with van der Waals surface area (Å²) in [4.78, 5) is 23.8. The Balaban J connectivity index is 0.000000147. The van der Waals surface area contributed by atoms with E-state index in [0.717, 1.165) is 81.4 Å². The summed E-state index contributed by atoms with van der Waals surface area (Å²) in [5, 5.41) is 3.39. The molecular weight excluding hydrogens is 564 g/mol. The minimum absolute atomic E-state index is 0.669. The maximum atomic E-state index is 4.96. The van der Waals surface area contributed by atoms with E-state index in [-0.39, 0.29) is 0 Å². The molecule has 0 saturated heterocycles. The van der Waals surface area contributed by atoms with E-state index in [1.54, 1.807) is 6.20 Å². The number of benzene rings is 4. The highest BCUT2D eigenvalue weighted by atomic mass is 15.0. The first-order valence-corrected chi connectivity index (χ1v) is 15.6. The summed E-state index contributed by atoms with van der Waals surface area (Å²) in [6, 6.07) is 41.2. The molecule has 1 N–H and O–H groups in total. The second kappa shape index (κ2) is 13.1. The van der Waals surface area contributed by atoms with Crippen molar-refractivity contribution >= 4 is 17.0 Å². The van der Waals surface area contributed by atoms with Crippen molar-refractivity contribution in [1.29, 1.82) is 0 Å². The molecule has 0 saturated carbocycles. The van der Waals surface area contributed by atoms with Crippen molar-refractivity contribution < 1.29 is 0 Å². The van der Waals surface area contributed by atoms with Crippen LogP contribution in [0.5, 0.6) is 0 Å². The average molecular weight is 599 g/mol. The number of aryl methyl sites for hydroxylation is 3. The Hall–Kier alpha value is -5.75. The smallest absolute Gasteiger partial charge is 0.178 e. The third-order valence-electron chi connectivity index (χ3n) is 8.04. The van der Waals surface area contributed by atoms with Gasteiger partial charge in [-0.05, 0) is 38.8 Å². The molecule has 0 radical (unpaired) electrons. The standard InChI is InChI=1S/C20H19N3.C20H15N3/c2*1-14-9-11-16(12-10-14)19-18(15-6-3-2-4-7-15)22-17-8-5-13-21-20(17)23-19/h2-4,6-7,9-12H,5,8,13H2,1H3,(H,21,23);2-13H,1H3. The highest BCUT2D eigenvalue weighted by molar-refractivity contribution is 5.84. The van der Waals surface area contributed by atoms with E-state index in [0.29, 0.717) is 5.65 Å². The van der Waals surface area contributed by atoms with Crippen LogP contribution in [0, 0.1) is 13.8 Å². The van der Waals surface area contributed by atoms with Crippen molar-refractivity contribution in [3.05, 3.63) is 144 Å². The number of aromatic nitrogens is 5. The Morgan fingerprint density at radius 3 is 1.63 bits per heavy atom. The number of anilines is 1. The van der Waals surface area contributed by atoms with Crippen LogP contribution in [0.2, 0.25) is 0 Å². The lowest BCUT2D eigenvalue weighted by molar-refractivity contribution is 0.790. The summed E-state index contributed by atoms with van der Waals surface area (Å²) >= 11 is 0. The predicted octanol–water partition coefficient (Wildman–Crippen LogP) is 9.14. The minimum atomic E-state index is 0.669. The Kier molecular flexibility index (Phi) is 8.25. The van der Waals surface area contributed by atoms with Crippen LogP contribution in [0.15, 0.2) is 128 Å². The van der Waals surface area contributed by atoms with Crippen LogP contribution in [0.25, 0.3) is 56.2 Å². The quantitative estimate of drug-likeness (QED) is 0.218. The third-order valence-corrected chi connectivity index (χ3v) is 8.04. The minimum Gasteiger partial charge on any atom is -0.369 e. The fourth-order valence-electron chi connectivity index (χ4n) is 5.56. The van der Waals surface area contributed by atoms with Crippen molar-refractivity contribution in [1.82, 2.24) is 24.9 Å². The Bertz CT molecular complexity index is 2090. The lowest BCUT2D eigenvalue weighted by atomic mass is 10.0. The molecule has 46 heavy (non-hydrogen) atoms. The number of nitrogens with zero attached hydrogens (tertiary/aromatic N) is 5. The molecule has 224 valence electrons. The maximum Gasteiger partial charge on any atom is 0.178 e. The Labute approximate surface area is 269 Å². The number of hydrogen-bond acceptors (Lipinski definition) is 6. The fourth-order valence-corrected chi connectivity index (χ4v) is 5.56. The molecule has 1 aliphatic heterocycles. The van der Waals surface area contributed by atoms with Crippen molar-refractivity contribution in [2.24, 2.45) is 0 Å². The van der Waals surface area contributed by atoms with Gasteiger partial charge in [-0.25, -0.2) is 24.9 Å². The number of nitrogens with one attached hydrogen (secondary N) is 1. The molecule has 0 atom stereocenters. The van der Waals surface area contributed by atoms with Gasteiger partial charge in [0.25, 0.3) is 0 Å².